The molecule has 0 aliphatic carbocycles. The van der Waals surface area contributed by atoms with E-state index in [-0.39, 0.29) is 12.1 Å². The Morgan fingerprint density at radius 1 is 1.35 bits per heavy atom. The molecule has 6 heteroatoms. The third kappa shape index (κ3) is 3.29. The zero-order chi connectivity index (χ0) is 14.7. The number of hydrogen-bond donors (Lipinski definition) is 1. The minimum atomic E-state index is -0.0504. The van der Waals surface area contributed by atoms with E-state index in [4.69, 9.17) is 22.1 Å². The van der Waals surface area contributed by atoms with E-state index in [1.807, 2.05) is 43.7 Å². The van der Waals surface area contributed by atoms with E-state index in [0.717, 1.165) is 11.4 Å². The highest BCUT2D eigenvalue weighted by Crippen LogP contribution is 2.28. The van der Waals surface area contributed by atoms with Crippen molar-refractivity contribution in [3.8, 4) is 5.75 Å². The third-order valence-corrected chi connectivity index (χ3v) is 3.27. The van der Waals surface area contributed by atoms with E-state index < -0.39 is 0 Å². The van der Waals surface area contributed by atoms with Crippen LogP contribution in [0.5, 0.6) is 5.75 Å². The molecular weight excluding hydrogens is 276 g/mol. The van der Waals surface area contributed by atoms with E-state index in [1.165, 1.54) is 6.33 Å². The van der Waals surface area contributed by atoms with Crippen LogP contribution in [0.25, 0.3) is 0 Å². The highest BCUT2D eigenvalue weighted by molar-refractivity contribution is 6.32. The van der Waals surface area contributed by atoms with Crippen molar-refractivity contribution in [1.82, 2.24) is 14.8 Å². The normalized spacial score (nSPS) is 12.7. The van der Waals surface area contributed by atoms with Crippen LogP contribution in [0.1, 0.15) is 44.2 Å². The molecule has 0 unspecified atom stereocenters. The smallest absolute Gasteiger partial charge is 0.165 e. The molecule has 0 aliphatic rings. The first kappa shape index (κ1) is 14.8. The quantitative estimate of drug-likeness (QED) is 0.920. The Hall–Kier alpha value is -1.59. The van der Waals surface area contributed by atoms with Gasteiger partial charge in [0.25, 0.3) is 0 Å². The largest absolute Gasteiger partial charge is 0.484 e. The lowest BCUT2D eigenvalue weighted by Crippen LogP contribution is -2.11. The molecule has 108 valence electrons. The Morgan fingerprint density at radius 3 is 2.70 bits per heavy atom. The summed E-state index contributed by atoms with van der Waals surface area (Å²) >= 11 is 6.19. The molecule has 0 saturated carbocycles. The number of nitrogens with zero attached hydrogens (tertiary/aromatic N) is 3. The number of ether oxygens (including phenoxy) is 1. The zero-order valence-electron chi connectivity index (χ0n) is 11.9. The third-order valence-electron chi connectivity index (χ3n) is 2.97. The van der Waals surface area contributed by atoms with Crippen LogP contribution in [-0.4, -0.2) is 14.8 Å². The molecular formula is C14H19ClN4O. The van der Waals surface area contributed by atoms with E-state index in [0.29, 0.717) is 17.4 Å². The van der Waals surface area contributed by atoms with Crippen LogP contribution in [0.3, 0.4) is 0 Å². The number of nitrogens with two attached hydrogens (primary N) is 1. The predicted octanol–water partition coefficient (Wildman–Crippen LogP) is 3.11. The monoisotopic (exact) mass is 294 g/mol. The first-order chi connectivity index (χ1) is 9.49. The van der Waals surface area contributed by atoms with Gasteiger partial charge >= 0.3 is 0 Å². The summed E-state index contributed by atoms with van der Waals surface area (Å²) in [6.07, 6.45) is 1.53. The maximum absolute atomic E-state index is 6.19. The first-order valence-corrected chi connectivity index (χ1v) is 6.93. The van der Waals surface area contributed by atoms with Gasteiger partial charge in [-0.3, -0.25) is 0 Å². The molecule has 0 saturated heterocycles. The Kier molecular flexibility index (Phi) is 4.62. The molecule has 1 aromatic heterocycles. The second-order valence-corrected chi connectivity index (χ2v) is 5.39. The van der Waals surface area contributed by atoms with E-state index in [2.05, 4.69) is 10.1 Å². The topological polar surface area (TPSA) is 66.0 Å². The predicted molar refractivity (Wildman–Crippen MR) is 78.8 cm³/mol. The number of aromatic nitrogens is 3. The number of halogens is 1. The van der Waals surface area contributed by atoms with Crippen molar-refractivity contribution in [2.45, 2.75) is 39.5 Å². The lowest BCUT2D eigenvalue weighted by molar-refractivity contribution is 0.282. The van der Waals surface area contributed by atoms with E-state index in [9.17, 15) is 0 Å². The molecule has 0 aliphatic heterocycles. The zero-order valence-corrected chi connectivity index (χ0v) is 12.6. The summed E-state index contributed by atoms with van der Waals surface area (Å²) in [4.78, 5) is 4.19. The van der Waals surface area contributed by atoms with Crippen molar-refractivity contribution < 1.29 is 4.74 Å². The van der Waals surface area contributed by atoms with Gasteiger partial charge < -0.3 is 10.5 Å². The van der Waals surface area contributed by atoms with Gasteiger partial charge in [0, 0.05) is 12.1 Å². The molecule has 0 amide bonds. The Morgan fingerprint density at radius 2 is 2.10 bits per heavy atom. The lowest BCUT2D eigenvalue weighted by Gasteiger charge is -2.12. The van der Waals surface area contributed by atoms with Gasteiger partial charge in [0.15, 0.2) is 5.82 Å². The molecule has 1 aromatic carbocycles. The highest BCUT2D eigenvalue weighted by atomic mass is 35.5. The molecule has 0 radical (unpaired) electrons. The van der Waals surface area contributed by atoms with Gasteiger partial charge in [-0.1, -0.05) is 17.7 Å². The van der Waals surface area contributed by atoms with Gasteiger partial charge in [0.05, 0.1) is 5.02 Å². The van der Waals surface area contributed by atoms with E-state index in [1.54, 1.807) is 0 Å². The molecule has 20 heavy (non-hydrogen) atoms. The molecule has 1 atom stereocenters. The van der Waals surface area contributed by atoms with Crippen LogP contribution < -0.4 is 10.5 Å². The van der Waals surface area contributed by atoms with Gasteiger partial charge in [0.2, 0.25) is 0 Å². The molecule has 2 N–H and O–H groups in total. The van der Waals surface area contributed by atoms with Crippen LogP contribution in [0.15, 0.2) is 24.5 Å². The fourth-order valence-electron chi connectivity index (χ4n) is 1.87. The average Bonchev–Trinajstić information content (AvgIpc) is 2.85. The SMILES string of the molecule is CC(C)n1ncnc1COc1ccc([C@@H](C)N)cc1Cl. The highest BCUT2D eigenvalue weighted by Gasteiger charge is 2.10. The summed E-state index contributed by atoms with van der Waals surface area (Å²) in [5, 5.41) is 4.72. The minimum Gasteiger partial charge on any atom is -0.484 e. The lowest BCUT2D eigenvalue weighted by atomic mass is 10.1. The van der Waals surface area contributed by atoms with Crippen LogP contribution in [0.2, 0.25) is 5.02 Å². The molecule has 2 aromatic rings. The van der Waals surface area contributed by atoms with Crippen molar-refractivity contribution >= 4 is 11.6 Å². The second-order valence-electron chi connectivity index (χ2n) is 4.98. The van der Waals surface area contributed by atoms with Gasteiger partial charge in [0.1, 0.15) is 18.7 Å². The van der Waals surface area contributed by atoms with Crippen molar-refractivity contribution in [3.05, 3.63) is 40.9 Å². The van der Waals surface area contributed by atoms with E-state index >= 15 is 0 Å². The second kappa shape index (κ2) is 6.24. The summed E-state index contributed by atoms with van der Waals surface area (Å²) < 4.78 is 7.53. The average molecular weight is 295 g/mol. The molecule has 5 nitrogen and oxygen atoms in total. The van der Waals surface area contributed by atoms with Gasteiger partial charge in [-0.2, -0.15) is 5.10 Å². The van der Waals surface area contributed by atoms with Crippen molar-refractivity contribution in [3.63, 3.8) is 0 Å². The Labute approximate surface area is 123 Å². The Bertz CT molecular complexity index is 580. The maximum Gasteiger partial charge on any atom is 0.165 e. The van der Waals surface area contributed by atoms with Crippen LogP contribution in [-0.2, 0) is 6.61 Å². The molecule has 0 spiro atoms. The molecule has 1 heterocycles. The van der Waals surface area contributed by atoms with Gasteiger partial charge in [-0.05, 0) is 38.5 Å². The molecule has 0 fully saturated rings. The summed E-state index contributed by atoms with van der Waals surface area (Å²) in [5.41, 5.74) is 6.80. The van der Waals surface area contributed by atoms with Crippen LogP contribution in [0.4, 0.5) is 0 Å². The Balaban J connectivity index is 2.09. The minimum absolute atomic E-state index is 0.0504. The molecule has 2 rings (SSSR count). The summed E-state index contributed by atoms with van der Waals surface area (Å²) in [6, 6.07) is 5.77. The van der Waals surface area contributed by atoms with Crippen LogP contribution >= 0.6 is 11.6 Å². The van der Waals surface area contributed by atoms with Gasteiger partial charge in [-0.15, -0.1) is 0 Å². The van der Waals surface area contributed by atoms with Crippen molar-refractivity contribution in [2.75, 3.05) is 0 Å². The number of benzene rings is 1. The fraction of sp³-hybridized carbons (Fsp3) is 0.429. The number of hydrogen-bond acceptors (Lipinski definition) is 4. The standard InChI is InChI=1S/C14H19ClN4O/c1-9(2)19-14(17-8-18-19)7-20-13-5-4-11(10(3)16)6-12(13)15/h4-6,8-10H,7,16H2,1-3H3/t10-/m1/s1. The van der Waals surface area contributed by atoms with Gasteiger partial charge in [-0.25, -0.2) is 9.67 Å². The van der Waals surface area contributed by atoms with Crippen LogP contribution in [0, 0.1) is 0 Å². The summed E-state index contributed by atoms with van der Waals surface area (Å²) in [6.45, 7) is 6.33. The molecule has 0 bridgehead atoms. The summed E-state index contributed by atoms with van der Waals surface area (Å²) in [7, 11) is 0. The summed E-state index contributed by atoms with van der Waals surface area (Å²) in [5.74, 6) is 1.39. The maximum atomic E-state index is 6.19. The first-order valence-electron chi connectivity index (χ1n) is 6.55. The van der Waals surface area contributed by atoms with Crippen molar-refractivity contribution in [2.24, 2.45) is 5.73 Å². The number of rotatable bonds is 5. The fourth-order valence-corrected chi connectivity index (χ4v) is 2.11. The van der Waals surface area contributed by atoms with Crippen molar-refractivity contribution in [1.29, 1.82) is 0 Å².